The number of carbonyl (C=O) groups is 1. The Bertz CT molecular complexity index is 725. The second-order valence-electron chi connectivity index (χ2n) is 7.07. The molecule has 150 valence electrons. The summed E-state index contributed by atoms with van der Waals surface area (Å²) >= 11 is 0. The topological polar surface area (TPSA) is 91.0 Å². The second-order valence-corrected chi connectivity index (χ2v) is 9.16. The van der Waals surface area contributed by atoms with Gasteiger partial charge in [0.2, 0.25) is 15.9 Å². The Morgan fingerprint density at radius 2 is 1.67 bits per heavy atom. The van der Waals surface area contributed by atoms with Crippen LogP contribution in [0.4, 0.5) is 0 Å². The van der Waals surface area contributed by atoms with Crippen molar-refractivity contribution >= 4 is 15.9 Å². The van der Waals surface area contributed by atoms with E-state index in [2.05, 4.69) is 10.9 Å². The minimum atomic E-state index is -3.42. The van der Waals surface area contributed by atoms with E-state index >= 15 is 0 Å². The van der Waals surface area contributed by atoms with Crippen molar-refractivity contribution in [1.82, 2.24) is 20.1 Å². The number of hydrazine groups is 1. The van der Waals surface area contributed by atoms with E-state index in [0.29, 0.717) is 32.8 Å². The molecule has 2 saturated heterocycles. The molecule has 2 aliphatic heterocycles. The maximum absolute atomic E-state index is 12.9. The summed E-state index contributed by atoms with van der Waals surface area (Å²) in [7, 11) is -3.42. The number of piperazine rings is 1. The van der Waals surface area contributed by atoms with E-state index in [1.807, 2.05) is 44.2 Å². The van der Waals surface area contributed by atoms with Gasteiger partial charge in [-0.05, 0) is 26.0 Å². The Morgan fingerprint density at radius 1 is 1.07 bits per heavy atom. The van der Waals surface area contributed by atoms with E-state index in [0.717, 1.165) is 5.75 Å². The number of sulfonamides is 1. The third-order valence-corrected chi connectivity index (χ3v) is 7.74. The lowest BCUT2D eigenvalue weighted by atomic mass is 10.2. The van der Waals surface area contributed by atoms with Crippen LogP contribution in [0.15, 0.2) is 30.3 Å². The molecule has 2 N–H and O–H groups in total. The molecule has 8 nitrogen and oxygen atoms in total. The van der Waals surface area contributed by atoms with Crippen LogP contribution in [0, 0.1) is 0 Å². The Hall–Kier alpha value is -1.68. The van der Waals surface area contributed by atoms with Crippen LogP contribution in [0.5, 0.6) is 5.75 Å². The standard InChI is InChI=1S/C18H28N4O4S/c1-14-18(15(2)20-19-14)27(24,25)22-11-9-21(10-12-22)17(23)8-13-26-16-6-4-3-5-7-16/h3-7,14-15,18-20H,8-13H2,1-2H3. The maximum Gasteiger partial charge on any atom is 0.226 e. The van der Waals surface area contributed by atoms with E-state index in [1.165, 1.54) is 4.31 Å². The predicted molar refractivity (Wildman–Crippen MR) is 103 cm³/mol. The lowest BCUT2D eigenvalue weighted by Gasteiger charge is -2.36. The molecule has 0 aliphatic carbocycles. The first kappa shape index (κ1) is 20.1. The summed E-state index contributed by atoms with van der Waals surface area (Å²) in [6, 6.07) is 9.07. The van der Waals surface area contributed by atoms with Crippen LogP contribution in [0.3, 0.4) is 0 Å². The first-order valence-electron chi connectivity index (χ1n) is 9.35. The van der Waals surface area contributed by atoms with Crippen LogP contribution in [0.25, 0.3) is 0 Å². The Kier molecular flexibility index (Phi) is 6.36. The predicted octanol–water partition coefficient (Wildman–Crippen LogP) is 0.183. The van der Waals surface area contributed by atoms with Gasteiger partial charge in [-0.1, -0.05) is 18.2 Å². The minimum Gasteiger partial charge on any atom is -0.493 e. The minimum absolute atomic E-state index is 0.00563. The molecule has 1 aromatic carbocycles. The van der Waals surface area contributed by atoms with Crippen LogP contribution >= 0.6 is 0 Å². The van der Waals surface area contributed by atoms with Gasteiger partial charge < -0.3 is 9.64 Å². The van der Waals surface area contributed by atoms with Crippen molar-refractivity contribution in [2.45, 2.75) is 37.6 Å². The highest BCUT2D eigenvalue weighted by Crippen LogP contribution is 2.21. The highest BCUT2D eigenvalue weighted by Gasteiger charge is 2.44. The smallest absolute Gasteiger partial charge is 0.226 e. The number of carbonyl (C=O) groups excluding carboxylic acids is 1. The zero-order valence-corrected chi connectivity index (χ0v) is 16.6. The van der Waals surface area contributed by atoms with Crippen LogP contribution in [0.1, 0.15) is 20.3 Å². The van der Waals surface area contributed by atoms with E-state index < -0.39 is 15.3 Å². The molecule has 2 aliphatic rings. The third kappa shape index (κ3) is 4.60. The summed E-state index contributed by atoms with van der Waals surface area (Å²) in [6.45, 7) is 5.55. The van der Waals surface area contributed by atoms with Crippen molar-refractivity contribution in [1.29, 1.82) is 0 Å². The van der Waals surface area contributed by atoms with E-state index in [1.54, 1.807) is 4.90 Å². The molecule has 0 spiro atoms. The molecule has 9 heteroatoms. The fourth-order valence-electron chi connectivity index (χ4n) is 3.67. The van der Waals surface area contributed by atoms with Crippen molar-refractivity contribution in [2.24, 2.45) is 0 Å². The van der Waals surface area contributed by atoms with E-state index in [9.17, 15) is 13.2 Å². The van der Waals surface area contributed by atoms with Gasteiger partial charge >= 0.3 is 0 Å². The highest BCUT2D eigenvalue weighted by molar-refractivity contribution is 7.89. The lowest BCUT2D eigenvalue weighted by Crippen LogP contribution is -2.55. The maximum atomic E-state index is 12.9. The molecule has 2 atom stereocenters. The number of para-hydroxylation sites is 1. The molecule has 2 fully saturated rings. The Labute approximate surface area is 160 Å². The molecule has 1 amide bonds. The van der Waals surface area contributed by atoms with Crippen LogP contribution in [0.2, 0.25) is 0 Å². The van der Waals surface area contributed by atoms with Gasteiger partial charge in [0.1, 0.15) is 11.0 Å². The second kappa shape index (κ2) is 8.55. The normalized spacial score (nSPS) is 26.9. The summed E-state index contributed by atoms with van der Waals surface area (Å²) in [5.74, 6) is 0.733. The summed E-state index contributed by atoms with van der Waals surface area (Å²) in [4.78, 5) is 14.1. The van der Waals surface area contributed by atoms with Crippen molar-refractivity contribution < 1.29 is 17.9 Å². The quantitative estimate of drug-likeness (QED) is 0.713. The third-order valence-electron chi connectivity index (χ3n) is 5.15. The summed E-state index contributed by atoms with van der Waals surface area (Å²) < 4.78 is 33.0. The van der Waals surface area contributed by atoms with Gasteiger partial charge in [0.25, 0.3) is 0 Å². The fraction of sp³-hybridized carbons (Fsp3) is 0.611. The van der Waals surface area contributed by atoms with Crippen molar-refractivity contribution in [3.05, 3.63) is 30.3 Å². The number of ether oxygens (including phenoxy) is 1. The van der Waals surface area contributed by atoms with E-state index in [-0.39, 0.29) is 24.4 Å². The Balaban J connectivity index is 1.47. The summed E-state index contributed by atoms with van der Waals surface area (Å²) in [5.41, 5.74) is 5.99. The number of nitrogens with zero attached hydrogens (tertiary/aromatic N) is 2. The number of hydrogen-bond acceptors (Lipinski definition) is 6. The SMILES string of the molecule is CC1NNC(C)C1S(=O)(=O)N1CCN(C(=O)CCOc2ccccc2)CC1. The highest BCUT2D eigenvalue weighted by atomic mass is 32.2. The van der Waals surface area contributed by atoms with Crippen molar-refractivity contribution in [3.8, 4) is 5.75 Å². The molecular formula is C18H28N4O4S. The molecule has 3 rings (SSSR count). The van der Waals surface area contributed by atoms with Gasteiger partial charge in [0.05, 0.1) is 13.0 Å². The summed E-state index contributed by atoms with van der Waals surface area (Å²) in [6.07, 6.45) is 0.284. The van der Waals surface area contributed by atoms with Gasteiger partial charge in [-0.15, -0.1) is 0 Å². The van der Waals surface area contributed by atoms with E-state index in [4.69, 9.17) is 4.74 Å². The number of rotatable bonds is 6. The van der Waals surface area contributed by atoms with Crippen LogP contribution in [-0.2, 0) is 14.8 Å². The van der Waals surface area contributed by atoms with Gasteiger partial charge in [-0.2, -0.15) is 4.31 Å². The molecule has 27 heavy (non-hydrogen) atoms. The molecule has 2 unspecified atom stereocenters. The molecule has 1 aromatic rings. The van der Waals surface area contributed by atoms with Crippen LogP contribution in [-0.4, -0.2) is 73.6 Å². The average molecular weight is 397 g/mol. The first-order valence-corrected chi connectivity index (χ1v) is 10.9. The zero-order valence-electron chi connectivity index (χ0n) is 15.8. The van der Waals surface area contributed by atoms with Gasteiger partial charge in [0.15, 0.2) is 0 Å². The Morgan fingerprint density at radius 3 is 2.26 bits per heavy atom. The largest absolute Gasteiger partial charge is 0.493 e. The lowest BCUT2D eigenvalue weighted by molar-refractivity contribution is -0.132. The number of nitrogens with one attached hydrogen (secondary N) is 2. The molecule has 2 heterocycles. The zero-order chi connectivity index (χ0) is 19.4. The molecule has 0 saturated carbocycles. The van der Waals surface area contributed by atoms with Crippen LogP contribution < -0.4 is 15.6 Å². The van der Waals surface area contributed by atoms with Gasteiger partial charge in [0, 0.05) is 38.3 Å². The van der Waals surface area contributed by atoms with Crippen molar-refractivity contribution in [3.63, 3.8) is 0 Å². The van der Waals surface area contributed by atoms with Gasteiger partial charge in [-0.3, -0.25) is 15.6 Å². The number of hydrogen-bond donors (Lipinski definition) is 2. The average Bonchev–Trinajstić information content (AvgIpc) is 3.01. The van der Waals surface area contributed by atoms with Crippen molar-refractivity contribution in [2.75, 3.05) is 32.8 Å². The molecule has 0 bridgehead atoms. The van der Waals surface area contributed by atoms with Gasteiger partial charge in [-0.25, -0.2) is 8.42 Å². The number of benzene rings is 1. The molecule has 0 aromatic heterocycles. The monoisotopic (exact) mass is 396 g/mol. The summed E-state index contributed by atoms with van der Waals surface area (Å²) in [5, 5.41) is -0.501. The molecular weight excluding hydrogens is 368 g/mol. The first-order chi connectivity index (χ1) is 12.9. The fourth-order valence-corrected chi connectivity index (χ4v) is 5.86. The number of amides is 1. The molecule has 0 radical (unpaired) electrons.